The number of aryl methyl sites for hydroxylation is 1. The Labute approximate surface area is 217 Å². The summed E-state index contributed by atoms with van der Waals surface area (Å²) in [7, 11) is 0. The number of benzene rings is 2. The maximum Gasteiger partial charge on any atom is 0.341 e. The second-order valence-corrected chi connectivity index (χ2v) is 9.29. The van der Waals surface area contributed by atoms with E-state index in [9.17, 15) is 19.2 Å². The average Bonchev–Trinajstić information content (AvgIpc) is 3.37. The van der Waals surface area contributed by atoms with Crippen LogP contribution < -0.4 is 10.6 Å². The lowest BCUT2D eigenvalue weighted by atomic mass is 10.0. The number of nitrogens with zero attached hydrogens (tertiary/aromatic N) is 1. The van der Waals surface area contributed by atoms with E-state index in [0.717, 1.165) is 16.0 Å². The van der Waals surface area contributed by atoms with E-state index in [1.54, 1.807) is 31.2 Å². The predicted molar refractivity (Wildman–Crippen MR) is 141 cm³/mol. The van der Waals surface area contributed by atoms with Crippen LogP contribution >= 0.6 is 23.6 Å². The monoisotopic (exact) mass is 521 g/mol. The van der Waals surface area contributed by atoms with Crippen molar-refractivity contribution in [2.24, 2.45) is 0 Å². The van der Waals surface area contributed by atoms with Gasteiger partial charge < -0.3 is 15.4 Å². The van der Waals surface area contributed by atoms with E-state index in [4.69, 9.17) is 17.0 Å². The number of nitrogens with one attached hydrogen (secondary N) is 2. The first-order valence-corrected chi connectivity index (χ1v) is 12.5. The van der Waals surface area contributed by atoms with Crippen molar-refractivity contribution in [1.29, 1.82) is 0 Å². The fourth-order valence-electron chi connectivity index (χ4n) is 3.78. The summed E-state index contributed by atoms with van der Waals surface area (Å²) < 4.78 is 5.25. The maximum atomic E-state index is 12.7. The third kappa shape index (κ3) is 5.19. The molecule has 0 aliphatic carbocycles. The van der Waals surface area contributed by atoms with E-state index in [2.05, 4.69) is 10.6 Å². The molecular weight excluding hydrogens is 498 g/mol. The molecule has 184 valence electrons. The fourth-order valence-corrected chi connectivity index (χ4v) is 5.02. The van der Waals surface area contributed by atoms with Gasteiger partial charge in [-0.25, -0.2) is 4.79 Å². The Kier molecular flexibility index (Phi) is 7.56. The Morgan fingerprint density at radius 1 is 1.00 bits per heavy atom. The molecule has 0 saturated carbocycles. The molecular formula is C26H23N3O5S2. The molecule has 1 aromatic heterocycles. The molecule has 1 aliphatic rings. The van der Waals surface area contributed by atoms with Crippen LogP contribution in [0.15, 0.2) is 53.9 Å². The molecule has 0 radical (unpaired) electrons. The number of thiophene rings is 1. The van der Waals surface area contributed by atoms with E-state index < -0.39 is 23.7 Å². The number of fused-ring (bicyclic) bond motifs is 1. The number of anilines is 1. The number of carbonyl (C=O) groups excluding carboxylic acids is 4. The van der Waals surface area contributed by atoms with Gasteiger partial charge in [0.25, 0.3) is 11.8 Å². The minimum Gasteiger partial charge on any atom is -0.462 e. The first-order chi connectivity index (χ1) is 17.3. The number of carbonyl (C=O) groups is 4. The summed E-state index contributed by atoms with van der Waals surface area (Å²) >= 11 is 6.55. The van der Waals surface area contributed by atoms with Crippen molar-refractivity contribution in [3.05, 3.63) is 76.2 Å². The minimum atomic E-state index is -0.503. The standard InChI is InChI=1S/C26H23N3O5S2/c1-3-34-25(33)21-19(16-10-8-15(2)9-11-16)14-36-22(21)28-26(35)27-20(30)12-13-29-23(31)17-6-4-5-7-18(17)24(29)32/h4-11,14H,3,12-13H2,1-2H3,(H2,27,28,30,35). The lowest BCUT2D eigenvalue weighted by Gasteiger charge is -2.14. The van der Waals surface area contributed by atoms with Crippen LogP contribution in [0.1, 0.15) is 50.0 Å². The Bertz CT molecular complexity index is 1330. The van der Waals surface area contributed by atoms with E-state index >= 15 is 0 Å². The lowest BCUT2D eigenvalue weighted by molar-refractivity contribution is -0.119. The van der Waals surface area contributed by atoms with Crippen LogP contribution in [0.3, 0.4) is 0 Å². The van der Waals surface area contributed by atoms with Gasteiger partial charge in [0, 0.05) is 23.9 Å². The van der Waals surface area contributed by atoms with Gasteiger partial charge in [0.05, 0.1) is 17.7 Å². The quantitative estimate of drug-likeness (QED) is 0.270. The minimum absolute atomic E-state index is 0.00906. The van der Waals surface area contributed by atoms with Gasteiger partial charge in [-0.1, -0.05) is 42.0 Å². The van der Waals surface area contributed by atoms with Crippen molar-refractivity contribution in [3.8, 4) is 11.1 Å². The zero-order valence-electron chi connectivity index (χ0n) is 19.6. The van der Waals surface area contributed by atoms with Gasteiger partial charge in [0.15, 0.2) is 5.11 Å². The van der Waals surface area contributed by atoms with Gasteiger partial charge in [0.1, 0.15) is 10.6 Å². The number of imide groups is 1. The van der Waals surface area contributed by atoms with Gasteiger partial charge >= 0.3 is 5.97 Å². The molecule has 0 fully saturated rings. The molecule has 8 nitrogen and oxygen atoms in total. The molecule has 10 heteroatoms. The molecule has 0 unspecified atom stereocenters. The largest absolute Gasteiger partial charge is 0.462 e. The van der Waals surface area contributed by atoms with E-state index in [1.807, 2.05) is 36.6 Å². The first kappa shape index (κ1) is 25.2. The van der Waals surface area contributed by atoms with Gasteiger partial charge in [-0.3, -0.25) is 19.3 Å². The van der Waals surface area contributed by atoms with Crippen molar-refractivity contribution in [2.45, 2.75) is 20.3 Å². The number of hydrogen-bond acceptors (Lipinski definition) is 7. The smallest absolute Gasteiger partial charge is 0.341 e. The average molecular weight is 522 g/mol. The zero-order chi connectivity index (χ0) is 25.8. The van der Waals surface area contributed by atoms with Crippen molar-refractivity contribution in [1.82, 2.24) is 10.2 Å². The molecule has 2 N–H and O–H groups in total. The highest BCUT2D eigenvalue weighted by Gasteiger charge is 2.35. The van der Waals surface area contributed by atoms with Crippen molar-refractivity contribution in [2.75, 3.05) is 18.5 Å². The van der Waals surface area contributed by atoms with E-state index in [0.29, 0.717) is 27.3 Å². The number of esters is 1. The van der Waals surface area contributed by atoms with Gasteiger partial charge in [-0.05, 0) is 43.8 Å². The van der Waals surface area contributed by atoms with Gasteiger partial charge in [-0.15, -0.1) is 11.3 Å². The van der Waals surface area contributed by atoms with Crippen LogP contribution in [0, 0.1) is 6.92 Å². The number of rotatable bonds is 7. The molecule has 3 aromatic rings. The van der Waals surface area contributed by atoms with Crippen LogP contribution in [0.4, 0.5) is 5.00 Å². The summed E-state index contributed by atoms with van der Waals surface area (Å²) in [5, 5.41) is 7.71. The highest BCUT2D eigenvalue weighted by molar-refractivity contribution is 7.80. The number of thiocarbonyl (C=S) groups is 1. The van der Waals surface area contributed by atoms with Crippen LogP contribution in [-0.4, -0.2) is 46.9 Å². The Morgan fingerprint density at radius 2 is 1.64 bits per heavy atom. The zero-order valence-corrected chi connectivity index (χ0v) is 21.3. The summed E-state index contributed by atoms with van der Waals surface area (Å²) in [5.74, 6) is -1.83. The molecule has 3 amide bonds. The highest BCUT2D eigenvalue weighted by atomic mass is 32.1. The molecule has 2 aromatic carbocycles. The molecule has 0 atom stereocenters. The summed E-state index contributed by atoms with van der Waals surface area (Å²) in [6.45, 7) is 3.83. The molecule has 0 bridgehead atoms. The first-order valence-electron chi connectivity index (χ1n) is 11.2. The number of amides is 3. The predicted octanol–water partition coefficient (Wildman–Crippen LogP) is 4.40. The molecule has 1 aliphatic heterocycles. The lowest BCUT2D eigenvalue weighted by Crippen LogP contribution is -2.38. The summed E-state index contributed by atoms with van der Waals surface area (Å²) in [6.07, 6.45) is -0.128. The third-order valence-electron chi connectivity index (χ3n) is 5.55. The Morgan fingerprint density at radius 3 is 2.25 bits per heavy atom. The van der Waals surface area contributed by atoms with Crippen molar-refractivity contribution >= 4 is 57.4 Å². The van der Waals surface area contributed by atoms with Gasteiger partial charge in [0.2, 0.25) is 5.91 Å². The van der Waals surface area contributed by atoms with Crippen LogP contribution in [0.2, 0.25) is 0 Å². The summed E-state index contributed by atoms with van der Waals surface area (Å²) in [4.78, 5) is 51.2. The topological polar surface area (TPSA) is 105 Å². The van der Waals surface area contributed by atoms with Crippen LogP contribution in [-0.2, 0) is 9.53 Å². The van der Waals surface area contributed by atoms with Crippen molar-refractivity contribution < 1.29 is 23.9 Å². The molecule has 0 saturated heterocycles. The second kappa shape index (κ2) is 10.8. The second-order valence-electron chi connectivity index (χ2n) is 8.00. The molecule has 36 heavy (non-hydrogen) atoms. The van der Waals surface area contributed by atoms with Crippen molar-refractivity contribution in [3.63, 3.8) is 0 Å². The summed E-state index contributed by atoms with van der Waals surface area (Å²) in [6, 6.07) is 14.3. The molecule has 4 rings (SSSR count). The maximum absolute atomic E-state index is 12.7. The van der Waals surface area contributed by atoms with E-state index in [-0.39, 0.29) is 24.7 Å². The Hall–Kier alpha value is -3.89. The van der Waals surface area contributed by atoms with Crippen LogP contribution in [0.25, 0.3) is 11.1 Å². The van der Waals surface area contributed by atoms with Crippen LogP contribution in [0.5, 0.6) is 0 Å². The fraction of sp³-hybridized carbons (Fsp3) is 0.192. The normalized spacial score (nSPS) is 12.3. The SMILES string of the molecule is CCOC(=O)c1c(-c2ccc(C)cc2)csc1NC(=S)NC(=O)CCN1C(=O)c2ccccc2C1=O. The van der Waals surface area contributed by atoms with Gasteiger partial charge in [-0.2, -0.15) is 0 Å². The van der Waals surface area contributed by atoms with E-state index in [1.165, 1.54) is 11.3 Å². The molecule has 0 spiro atoms. The summed E-state index contributed by atoms with van der Waals surface area (Å²) in [5.41, 5.74) is 3.62. The molecule has 2 heterocycles. The highest BCUT2D eigenvalue weighted by Crippen LogP contribution is 2.36. The Balaban J connectivity index is 1.41. The number of ether oxygens (including phenoxy) is 1. The third-order valence-corrected chi connectivity index (χ3v) is 6.65. The number of hydrogen-bond donors (Lipinski definition) is 2.